The van der Waals surface area contributed by atoms with Gasteiger partial charge in [0.2, 0.25) is 5.91 Å². The third kappa shape index (κ3) is 4.94. The van der Waals surface area contributed by atoms with Crippen molar-refractivity contribution in [1.82, 2.24) is 4.90 Å². The highest BCUT2D eigenvalue weighted by Gasteiger charge is 2.16. The number of hydrogen-bond donors (Lipinski definition) is 2. The van der Waals surface area contributed by atoms with Crippen LogP contribution in [0.1, 0.15) is 20.3 Å². The molecular formula is C14H22N4O3. The van der Waals surface area contributed by atoms with Crippen LogP contribution in [0.3, 0.4) is 0 Å². The second-order valence-corrected chi connectivity index (χ2v) is 5.05. The molecule has 1 amide bonds. The average Bonchev–Trinajstić information content (AvgIpc) is 2.43. The van der Waals surface area contributed by atoms with Gasteiger partial charge in [-0.1, -0.05) is 6.92 Å². The maximum atomic E-state index is 11.8. The highest BCUT2D eigenvalue weighted by Crippen LogP contribution is 2.25. The summed E-state index contributed by atoms with van der Waals surface area (Å²) in [6.45, 7) is 4.47. The number of nitro groups is 1. The molecule has 0 spiro atoms. The van der Waals surface area contributed by atoms with E-state index in [1.807, 2.05) is 6.92 Å². The third-order valence-corrected chi connectivity index (χ3v) is 2.90. The molecule has 7 heteroatoms. The number of anilines is 2. The van der Waals surface area contributed by atoms with Gasteiger partial charge in [0.1, 0.15) is 6.04 Å². The molecule has 1 aromatic carbocycles. The smallest absolute Gasteiger partial charge is 0.273 e. The molecule has 1 rings (SSSR count). The van der Waals surface area contributed by atoms with Gasteiger partial charge in [-0.05, 0) is 19.4 Å². The summed E-state index contributed by atoms with van der Waals surface area (Å²) in [6, 6.07) is 4.22. The molecule has 2 N–H and O–H groups in total. The number of likely N-dealkylation sites (N-methyl/N-ethyl adjacent to an activating group) is 1. The predicted octanol–water partition coefficient (Wildman–Crippen LogP) is 2.31. The Morgan fingerprint density at radius 1 is 1.33 bits per heavy atom. The van der Waals surface area contributed by atoms with Gasteiger partial charge in [0.15, 0.2) is 0 Å². The fourth-order valence-corrected chi connectivity index (χ4v) is 1.87. The topological polar surface area (TPSA) is 87.5 Å². The van der Waals surface area contributed by atoms with Gasteiger partial charge in [-0.25, -0.2) is 0 Å². The van der Waals surface area contributed by atoms with E-state index in [-0.39, 0.29) is 11.6 Å². The molecule has 0 aliphatic rings. The van der Waals surface area contributed by atoms with E-state index in [4.69, 9.17) is 0 Å². The van der Waals surface area contributed by atoms with Gasteiger partial charge in [-0.15, -0.1) is 0 Å². The number of nitro benzene ring substituents is 1. The first-order chi connectivity index (χ1) is 9.85. The van der Waals surface area contributed by atoms with Gasteiger partial charge in [-0.2, -0.15) is 0 Å². The number of benzene rings is 1. The molecule has 7 nitrogen and oxygen atoms in total. The van der Waals surface area contributed by atoms with E-state index in [9.17, 15) is 14.9 Å². The molecule has 0 fully saturated rings. The van der Waals surface area contributed by atoms with Crippen LogP contribution in [-0.4, -0.2) is 42.4 Å². The second-order valence-electron chi connectivity index (χ2n) is 5.05. The summed E-state index contributed by atoms with van der Waals surface area (Å²) in [5.41, 5.74) is 1.20. The van der Waals surface area contributed by atoms with Crippen molar-refractivity contribution in [3.63, 3.8) is 0 Å². The number of carbonyl (C=O) groups is 1. The summed E-state index contributed by atoms with van der Waals surface area (Å²) in [6.07, 6.45) is 0.918. The summed E-state index contributed by atoms with van der Waals surface area (Å²) in [5, 5.41) is 17.1. The summed E-state index contributed by atoms with van der Waals surface area (Å²) < 4.78 is 0. The first kappa shape index (κ1) is 16.7. The molecule has 1 atom stereocenters. The van der Waals surface area contributed by atoms with E-state index in [1.54, 1.807) is 27.1 Å². The fraction of sp³-hybridized carbons (Fsp3) is 0.500. The number of amides is 1. The van der Waals surface area contributed by atoms with Crippen molar-refractivity contribution in [2.24, 2.45) is 0 Å². The van der Waals surface area contributed by atoms with Gasteiger partial charge in [0, 0.05) is 44.1 Å². The van der Waals surface area contributed by atoms with Gasteiger partial charge in [0.05, 0.1) is 4.92 Å². The Labute approximate surface area is 124 Å². The molecular weight excluding hydrogens is 272 g/mol. The Hall–Kier alpha value is -2.31. The van der Waals surface area contributed by atoms with Crippen LogP contribution in [0.4, 0.5) is 17.1 Å². The van der Waals surface area contributed by atoms with Crippen molar-refractivity contribution in [1.29, 1.82) is 0 Å². The lowest BCUT2D eigenvalue weighted by atomic mass is 10.2. The van der Waals surface area contributed by atoms with Crippen LogP contribution in [-0.2, 0) is 4.79 Å². The van der Waals surface area contributed by atoms with E-state index in [1.165, 1.54) is 17.0 Å². The van der Waals surface area contributed by atoms with E-state index in [0.29, 0.717) is 11.4 Å². The van der Waals surface area contributed by atoms with Crippen molar-refractivity contribution < 1.29 is 9.72 Å². The highest BCUT2D eigenvalue weighted by molar-refractivity contribution is 5.84. The van der Waals surface area contributed by atoms with E-state index < -0.39 is 11.0 Å². The second kappa shape index (κ2) is 7.47. The maximum absolute atomic E-state index is 11.8. The molecule has 0 radical (unpaired) electrons. The Morgan fingerprint density at radius 3 is 2.48 bits per heavy atom. The van der Waals surface area contributed by atoms with Gasteiger partial charge in [0.25, 0.3) is 5.69 Å². The number of nitrogens with one attached hydrogen (secondary N) is 2. The monoisotopic (exact) mass is 294 g/mol. The van der Waals surface area contributed by atoms with Crippen molar-refractivity contribution >= 4 is 23.0 Å². The minimum Gasteiger partial charge on any atom is -0.385 e. The molecule has 0 heterocycles. The Balaban J connectivity index is 2.97. The predicted molar refractivity (Wildman–Crippen MR) is 83.7 cm³/mol. The van der Waals surface area contributed by atoms with Crippen LogP contribution in [0, 0.1) is 10.1 Å². The number of nitrogens with zero attached hydrogens (tertiary/aromatic N) is 2. The van der Waals surface area contributed by atoms with Crippen molar-refractivity contribution in [2.45, 2.75) is 26.3 Å². The van der Waals surface area contributed by atoms with Crippen LogP contribution in [0.2, 0.25) is 0 Å². The molecule has 116 valence electrons. The Kier molecular flexibility index (Phi) is 5.95. The molecule has 0 aromatic heterocycles. The van der Waals surface area contributed by atoms with Crippen molar-refractivity contribution in [3.8, 4) is 0 Å². The summed E-state index contributed by atoms with van der Waals surface area (Å²) >= 11 is 0. The van der Waals surface area contributed by atoms with E-state index in [2.05, 4.69) is 10.6 Å². The van der Waals surface area contributed by atoms with Gasteiger partial charge in [-0.3, -0.25) is 14.9 Å². The Bertz CT molecular complexity index is 517. The summed E-state index contributed by atoms with van der Waals surface area (Å²) in [5.74, 6) is -0.0930. The van der Waals surface area contributed by atoms with E-state index in [0.717, 1.165) is 13.0 Å². The van der Waals surface area contributed by atoms with Crippen LogP contribution in [0.5, 0.6) is 0 Å². The fourth-order valence-electron chi connectivity index (χ4n) is 1.87. The van der Waals surface area contributed by atoms with Crippen molar-refractivity contribution in [2.75, 3.05) is 31.3 Å². The lowest BCUT2D eigenvalue weighted by Gasteiger charge is -2.19. The van der Waals surface area contributed by atoms with Gasteiger partial charge < -0.3 is 15.5 Å². The number of carbonyl (C=O) groups excluding carboxylic acids is 1. The molecule has 0 saturated carbocycles. The first-order valence-electron chi connectivity index (χ1n) is 6.86. The molecule has 0 bridgehead atoms. The van der Waals surface area contributed by atoms with Crippen LogP contribution >= 0.6 is 0 Å². The van der Waals surface area contributed by atoms with Crippen LogP contribution in [0.25, 0.3) is 0 Å². The maximum Gasteiger partial charge on any atom is 0.273 e. The quantitative estimate of drug-likeness (QED) is 0.595. The lowest BCUT2D eigenvalue weighted by molar-refractivity contribution is -0.384. The minimum absolute atomic E-state index is 0.0110. The largest absolute Gasteiger partial charge is 0.385 e. The standard InChI is InChI=1S/C14H22N4O3/c1-5-6-15-11-7-12(9-13(8-11)18(20)21)16-10(2)14(19)17(3)4/h7-10,15-16H,5-6H2,1-4H3. The number of hydrogen-bond acceptors (Lipinski definition) is 5. The number of non-ortho nitro benzene ring substituents is 1. The molecule has 1 aromatic rings. The van der Waals surface area contributed by atoms with Gasteiger partial charge >= 0.3 is 0 Å². The molecule has 0 aliphatic carbocycles. The average molecular weight is 294 g/mol. The lowest BCUT2D eigenvalue weighted by Crippen LogP contribution is -2.36. The highest BCUT2D eigenvalue weighted by atomic mass is 16.6. The summed E-state index contributed by atoms with van der Waals surface area (Å²) in [7, 11) is 3.34. The normalized spacial score (nSPS) is 11.6. The zero-order chi connectivity index (χ0) is 16.0. The first-order valence-corrected chi connectivity index (χ1v) is 6.86. The zero-order valence-electron chi connectivity index (χ0n) is 12.8. The van der Waals surface area contributed by atoms with E-state index >= 15 is 0 Å². The zero-order valence-corrected chi connectivity index (χ0v) is 12.8. The molecule has 1 unspecified atom stereocenters. The number of rotatable bonds is 7. The SMILES string of the molecule is CCCNc1cc(NC(C)C(=O)N(C)C)cc([N+](=O)[O-])c1. The minimum atomic E-state index is -0.457. The Morgan fingerprint density at radius 2 is 1.95 bits per heavy atom. The van der Waals surface area contributed by atoms with Crippen molar-refractivity contribution in [3.05, 3.63) is 28.3 Å². The van der Waals surface area contributed by atoms with Crippen LogP contribution in [0.15, 0.2) is 18.2 Å². The molecule has 0 aliphatic heterocycles. The summed E-state index contributed by atoms with van der Waals surface area (Å²) in [4.78, 5) is 23.9. The van der Waals surface area contributed by atoms with Crippen LogP contribution < -0.4 is 10.6 Å². The molecule has 21 heavy (non-hydrogen) atoms. The third-order valence-electron chi connectivity index (χ3n) is 2.90. The molecule has 0 saturated heterocycles.